The maximum Gasteiger partial charge on any atom is 0.221 e. The number of halogens is 1. The summed E-state index contributed by atoms with van der Waals surface area (Å²) in [5.41, 5.74) is 1.98. The lowest BCUT2D eigenvalue weighted by Gasteiger charge is -2.12. The molecule has 0 aromatic heterocycles. The Bertz CT molecular complexity index is 615. The Morgan fingerprint density at radius 3 is 2.15 bits per heavy atom. The summed E-state index contributed by atoms with van der Waals surface area (Å²) in [6.45, 7) is 0. The zero-order valence-electron chi connectivity index (χ0n) is 11.5. The van der Waals surface area contributed by atoms with Gasteiger partial charge in [-0.15, -0.1) is 0 Å². The molecule has 0 saturated heterocycles. The number of carbonyl (C=O) groups is 1. The van der Waals surface area contributed by atoms with Crippen molar-refractivity contribution in [2.75, 3.05) is 19.0 Å². The van der Waals surface area contributed by atoms with Crippen molar-refractivity contribution >= 4 is 17.5 Å². The quantitative estimate of drug-likeness (QED) is 0.619. The summed E-state index contributed by atoms with van der Waals surface area (Å²) in [5, 5.41) is 0. The lowest BCUT2D eigenvalue weighted by Crippen LogP contribution is -2.09. The van der Waals surface area contributed by atoms with Gasteiger partial charge in [0.05, 0.1) is 0 Å². The first-order valence-electron chi connectivity index (χ1n) is 6.32. The van der Waals surface area contributed by atoms with Crippen LogP contribution in [0.15, 0.2) is 60.4 Å². The maximum absolute atomic E-state index is 13.9. The molecule has 0 N–H and O–H groups in total. The molecule has 2 aromatic carbocycles. The Balaban J connectivity index is 2.20. The van der Waals surface area contributed by atoms with Gasteiger partial charge in [0.2, 0.25) is 5.78 Å². The van der Waals surface area contributed by atoms with Crippen LogP contribution in [0.2, 0.25) is 0 Å². The lowest BCUT2D eigenvalue weighted by molar-refractivity contribution is 0.101. The number of carbonyl (C=O) groups excluding carboxylic acids is 1. The number of allylic oxidation sites excluding steroid dienone is 1. The summed E-state index contributed by atoms with van der Waals surface area (Å²) in [4.78, 5) is 13.9. The zero-order valence-corrected chi connectivity index (χ0v) is 11.5. The Kier molecular flexibility index (Phi) is 4.31. The van der Waals surface area contributed by atoms with Gasteiger partial charge in [-0.25, -0.2) is 4.39 Å². The van der Waals surface area contributed by atoms with Crippen molar-refractivity contribution < 1.29 is 9.18 Å². The van der Waals surface area contributed by atoms with E-state index >= 15 is 0 Å². The van der Waals surface area contributed by atoms with Gasteiger partial charge in [0.25, 0.3) is 0 Å². The second kappa shape index (κ2) is 6.15. The van der Waals surface area contributed by atoms with E-state index in [1.54, 1.807) is 48.5 Å². The monoisotopic (exact) mass is 269 g/mol. The van der Waals surface area contributed by atoms with Gasteiger partial charge >= 0.3 is 0 Å². The molecule has 2 rings (SSSR count). The van der Waals surface area contributed by atoms with Crippen LogP contribution < -0.4 is 4.90 Å². The fourth-order valence-electron chi connectivity index (χ4n) is 1.81. The molecular weight excluding hydrogens is 253 g/mol. The van der Waals surface area contributed by atoms with Gasteiger partial charge in [0.1, 0.15) is 0 Å². The number of hydrogen-bond donors (Lipinski definition) is 0. The number of anilines is 1. The first-order valence-corrected chi connectivity index (χ1v) is 6.32. The van der Waals surface area contributed by atoms with Crippen LogP contribution in [0.25, 0.3) is 6.08 Å². The van der Waals surface area contributed by atoms with E-state index in [1.807, 2.05) is 25.1 Å². The molecule has 0 bridgehead atoms. The van der Waals surface area contributed by atoms with Gasteiger partial charge in [-0.2, -0.15) is 0 Å². The summed E-state index contributed by atoms with van der Waals surface area (Å²) >= 11 is 0. The number of benzene rings is 2. The van der Waals surface area contributed by atoms with Crippen molar-refractivity contribution in [3.63, 3.8) is 0 Å². The average Bonchev–Trinajstić information content (AvgIpc) is 2.47. The van der Waals surface area contributed by atoms with Crippen LogP contribution in [0.1, 0.15) is 15.9 Å². The molecule has 0 fully saturated rings. The van der Waals surface area contributed by atoms with Gasteiger partial charge in [0.15, 0.2) is 5.83 Å². The predicted molar refractivity (Wildman–Crippen MR) is 80.6 cm³/mol. The molecular formula is C17H16FNO. The van der Waals surface area contributed by atoms with Crippen LogP contribution in [0, 0.1) is 0 Å². The van der Waals surface area contributed by atoms with E-state index in [0.29, 0.717) is 11.1 Å². The van der Waals surface area contributed by atoms with Crippen LogP contribution in [0.5, 0.6) is 0 Å². The van der Waals surface area contributed by atoms with Crippen molar-refractivity contribution in [2.45, 2.75) is 0 Å². The molecule has 0 atom stereocenters. The summed E-state index contributed by atoms with van der Waals surface area (Å²) in [5.74, 6) is -1.35. The van der Waals surface area contributed by atoms with Crippen LogP contribution in [0.3, 0.4) is 0 Å². The molecule has 0 aliphatic heterocycles. The second-order valence-electron chi connectivity index (χ2n) is 4.67. The van der Waals surface area contributed by atoms with E-state index < -0.39 is 11.6 Å². The average molecular weight is 269 g/mol. The molecule has 0 radical (unpaired) electrons. The van der Waals surface area contributed by atoms with E-state index in [1.165, 1.54) is 6.08 Å². The Labute approximate surface area is 118 Å². The third-order valence-corrected chi connectivity index (χ3v) is 2.96. The van der Waals surface area contributed by atoms with E-state index in [0.717, 1.165) is 5.69 Å². The molecule has 0 heterocycles. The van der Waals surface area contributed by atoms with E-state index in [2.05, 4.69) is 0 Å². The van der Waals surface area contributed by atoms with Crippen LogP contribution in [0.4, 0.5) is 10.1 Å². The van der Waals surface area contributed by atoms with Crippen molar-refractivity contribution in [1.29, 1.82) is 0 Å². The third-order valence-electron chi connectivity index (χ3n) is 2.96. The second-order valence-corrected chi connectivity index (χ2v) is 4.67. The highest BCUT2D eigenvalue weighted by Gasteiger charge is 2.12. The summed E-state index contributed by atoms with van der Waals surface area (Å²) in [6.07, 6.45) is 1.25. The van der Waals surface area contributed by atoms with Crippen molar-refractivity contribution in [3.05, 3.63) is 71.6 Å². The minimum absolute atomic E-state index is 0.347. The summed E-state index contributed by atoms with van der Waals surface area (Å²) in [6, 6.07) is 15.8. The number of hydrogen-bond acceptors (Lipinski definition) is 2. The topological polar surface area (TPSA) is 20.3 Å². The highest BCUT2D eigenvalue weighted by atomic mass is 19.1. The summed E-state index contributed by atoms with van der Waals surface area (Å²) < 4.78 is 13.9. The Hall–Kier alpha value is -2.42. The highest BCUT2D eigenvalue weighted by Crippen LogP contribution is 2.17. The number of nitrogens with zero attached hydrogens (tertiary/aromatic N) is 1. The number of rotatable bonds is 4. The van der Waals surface area contributed by atoms with Gasteiger partial charge in [-0.05, 0) is 35.9 Å². The number of Topliss-reactive ketones (excluding diaryl/α,β-unsaturated/α-hetero) is 1. The molecule has 0 unspecified atom stereocenters. The third kappa shape index (κ3) is 3.32. The maximum atomic E-state index is 13.9. The minimum Gasteiger partial charge on any atom is -0.378 e. The van der Waals surface area contributed by atoms with Crippen LogP contribution >= 0.6 is 0 Å². The minimum atomic E-state index is -0.756. The standard InChI is InChI=1S/C17H16FNO/c1-19(2)15-10-8-14(9-11-15)17(20)16(18)12-13-6-4-3-5-7-13/h3-12H,1-2H3/b16-12-. The fourth-order valence-corrected chi connectivity index (χ4v) is 1.81. The summed E-state index contributed by atoms with van der Waals surface area (Å²) in [7, 11) is 3.82. The van der Waals surface area contributed by atoms with Gasteiger partial charge in [-0.3, -0.25) is 4.79 Å². The predicted octanol–water partition coefficient (Wildman–Crippen LogP) is 3.95. The zero-order chi connectivity index (χ0) is 14.5. The van der Waals surface area contributed by atoms with E-state index in [9.17, 15) is 9.18 Å². The Morgan fingerprint density at radius 1 is 1.00 bits per heavy atom. The van der Waals surface area contributed by atoms with Gasteiger partial charge in [0, 0.05) is 25.3 Å². The van der Waals surface area contributed by atoms with Crippen molar-refractivity contribution in [1.82, 2.24) is 0 Å². The van der Waals surface area contributed by atoms with E-state index in [-0.39, 0.29) is 0 Å². The van der Waals surface area contributed by atoms with Gasteiger partial charge < -0.3 is 4.90 Å². The van der Waals surface area contributed by atoms with Crippen molar-refractivity contribution in [2.24, 2.45) is 0 Å². The lowest BCUT2D eigenvalue weighted by atomic mass is 10.1. The highest BCUT2D eigenvalue weighted by molar-refractivity contribution is 6.09. The molecule has 0 aliphatic carbocycles. The molecule has 2 aromatic rings. The van der Waals surface area contributed by atoms with E-state index in [4.69, 9.17) is 0 Å². The normalized spacial score (nSPS) is 11.2. The smallest absolute Gasteiger partial charge is 0.221 e. The number of ketones is 1. The fraction of sp³-hybridized carbons (Fsp3) is 0.118. The molecule has 0 amide bonds. The molecule has 2 nitrogen and oxygen atoms in total. The molecule has 102 valence electrons. The van der Waals surface area contributed by atoms with Gasteiger partial charge in [-0.1, -0.05) is 30.3 Å². The van der Waals surface area contributed by atoms with Crippen LogP contribution in [-0.4, -0.2) is 19.9 Å². The van der Waals surface area contributed by atoms with Crippen molar-refractivity contribution in [3.8, 4) is 0 Å². The molecule has 20 heavy (non-hydrogen) atoms. The molecule has 3 heteroatoms. The SMILES string of the molecule is CN(C)c1ccc(C(=O)/C(F)=C/c2ccccc2)cc1. The first-order chi connectivity index (χ1) is 9.58. The molecule has 0 spiro atoms. The largest absolute Gasteiger partial charge is 0.378 e. The molecule has 0 saturated carbocycles. The van der Waals surface area contributed by atoms with Crippen LogP contribution in [-0.2, 0) is 0 Å². The Morgan fingerprint density at radius 2 is 1.60 bits per heavy atom. The first kappa shape index (κ1) is 14.0. The molecule has 0 aliphatic rings.